The lowest BCUT2D eigenvalue weighted by Gasteiger charge is -2.38. The van der Waals surface area contributed by atoms with E-state index < -0.39 is 0 Å². The Hall–Kier alpha value is -0.620. The highest BCUT2D eigenvalue weighted by Gasteiger charge is 2.31. The van der Waals surface area contributed by atoms with Gasteiger partial charge in [-0.1, -0.05) is 0 Å². The Morgan fingerprint density at radius 3 is 3.00 bits per heavy atom. The minimum absolute atomic E-state index is 0. The Bertz CT molecular complexity index is 372. The molecule has 0 spiro atoms. The fraction of sp³-hybridized carbons (Fsp3) is 0.583. The normalized spacial score (nSPS) is 23.6. The maximum Gasteiger partial charge on any atom is 0.254 e. The van der Waals surface area contributed by atoms with E-state index in [1.54, 1.807) is 18.4 Å². The fourth-order valence-electron chi connectivity index (χ4n) is 2.27. The van der Waals surface area contributed by atoms with Crippen molar-refractivity contribution in [3.63, 3.8) is 0 Å². The molecular weight excluding hydrogens is 272 g/mol. The van der Waals surface area contributed by atoms with Gasteiger partial charge in [0, 0.05) is 31.6 Å². The molecule has 0 bridgehead atoms. The summed E-state index contributed by atoms with van der Waals surface area (Å²) >= 11 is 1.54. The molecular formula is C12H19ClN2O2S. The highest BCUT2D eigenvalue weighted by atomic mass is 35.5. The zero-order chi connectivity index (χ0) is 12.3. The number of nitrogens with two attached hydrogens (primary N) is 1. The van der Waals surface area contributed by atoms with E-state index in [0.29, 0.717) is 6.54 Å². The highest BCUT2D eigenvalue weighted by Crippen LogP contribution is 2.22. The van der Waals surface area contributed by atoms with Gasteiger partial charge in [-0.05, 0) is 24.3 Å². The number of hydrogen-bond donors (Lipinski definition) is 1. The van der Waals surface area contributed by atoms with Gasteiger partial charge in [-0.3, -0.25) is 4.79 Å². The van der Waals surface area contributed by atoms with Gasteiger partial charge < -0.3 is 15.4 Å². The van der Waals surface area contributed by atoms with Crippen LogP contribution in [-0.2, 0) is 4.74 Å². The Kier molecular flexibility index (Phi) is 6.08. The van der Waals surface area contributed by atoms with Crippen molar-refractivity contribution in [2.45, 2.75) is 25.0 Å². The number of halogens is 1. The average molecular weight is 291 g/mol. The van der Waals surface area contributed by atoms with Crippen LogP contribution in [0.4, 0.5) is 0 Å². The summed E-state index contributed by atoms with van der Waals surface area (Å²) in [5, 5.41) is 3.81. The quantitative estimate of drug-likeness (QED) is 0.923. The number of likely N-dealkylation sites (tertiary alicyclic amines) is 1. The van der Waals surface area contributed by atoms with Crippen molar-refractivity contribution in [1.82, 2.24) is 4.90 Å². The maximum absolute atomic E-state index is 12.3. The summed E-state index contributed by atoms with van der Waals surface area (Å²) in [7, 11) is 1.72. The van der Waals surface area contributed by atoms with E-state index >= 15 is 0 Å². The van der Waals surface area contributed by atoms with Gasteiger partial charge in [-0.2, -0.15) is 11.3 Å². The van der Waals surface area contributed by atoms with Gasteiger partial charge in [-0.25, -0.2) is 0 Å². The maximum atomic E-state index is 12.3. The topological polar surface area (TPSA) is 55.6 Å². The Balaban J connectivity index is 0.00000162. The first kappa shape index (κ1) is 15.4. The Morgan fingerprint density at radius 1 is 1.67 bits per heavy atom. The molecule has 2 heterocycles. The van der Waals surface area contributed by atoms with Crippen LogP contribution in [0.2, 0.25) is 0 Å². The van der Waals surface area contributed by atoms with Crippen LogP contribution in [-0.4, -0.2) is 43.2 Å². The first-order chi connectivity index (χ1) is 8.26. The van der Waals surface area contributed by atoms with E-state index in [-0.39, 0.29) is 30.5 Å². The van der Waals surface area contributed by atoms with Crippen LogP contribution in [0.1, 0.15) is 23.2 Å². The molecule has 0 radical (unpaired) electrons. The summed E-state index contributed by atoms with van der Waals surface area (Å²) < 4.78 is 5.35. The number of rotatable bonds is 3. The molecule has 18 heavy (non-hydrogen) atoms. The number of ether oxygens (including phenoxy) is 1. The van der Waals surface area contributed by atoms with Crippen molar-refractivity contribution in [2.24, 2.45) is 5.73 Å². The second-order valence-corrected chi connectivity index (χ2v) is 5.06. The lowest BCUT2D eigenvalue weighted by atomic mass is 9.98. The van der Waals surface area contributed by atoms with Crippen LogP contribution >= 0.6 is 23.7 Å². The summed E-state index contributed by atoms with van der Waals surface area (Å²) in [6.45, 7) is 1.23. The van der Waals surface area contributed by atoms with Gasteiger partial charge in [0.05, 0.1) is 11.7 Å². The summed E-state index contributed by atoms with van der Waals surface area (Å²) in [6, 6.07) is 1.96. The summed E-state index contributed by atoms with van der Waals surface area (Å²) in [4.78, 5) is 14.1. The fourth-order valence-corrected chi connectivity index (χ4v) is 2.90. The zero-order valence-electron chi connectivity index (χ0n) is 10.4. The molecule has 1 aromatic heterocycles. The molecule has 4 nitrogen and oxygen atoms in total. The van der Waals surface area contributed by atoms with Gasteiger partial charge in [0.2, 0.25) is 0 Å². The SMILES string of the molecule is COC1CCN(C(=O)c2ccsc2)C(CN)C1.Cl. The van der Waals surface area contributed by atoms with Crippen LogP contribution in [0, 0.1) is 0 Å². The standard InChI is InChI=1S/C12H18N2O2S.ClH/c1-16-11-2-4-14(10(6-11)7-13)12(15)9-3-5-17-8-9;/h3,5,8,10-11H,2,4,6-7,13H2,1H3;1H. The molecule has 0 aromatic carbocycles. The molecule has 2 atom stereocenters. The molecule has 1 aromatic rings. The molecule has 2 unspecified atom stereocenters. The molecule has 1 aliphatic heterocycles. The van der Waals surface area contributed by atoms with Gasteiger partial charge in [-0.15, -0.1) is 12.4 Å². The van der Waals surface area contributed by atoms with Crippen LogP contribution < -0.4 is 5.73 Å². The predicted octanol–water partition coefficient (Wildman–Crippen LogP) is 1.75. The summed E-state index contributed by atoms with van der Waals surface area (Å²) in [6.07, 6.45) is 1.96. The number of hydrogen-bond acceptors (Lipinski definition) is 4. The van der Waals surface area contributed by atoms with Gasteiger partial charge in [0.25, 0.3) is 5.91 Å². The third-order valence-corrected chi connectivity index (χ3v) is 3.99. The van der Waals surface area contributed by atoms with E-state index in [9.17, 15) is 4.79 Å². The largest absolute Gasteiger partial charge is 0.381 e. The highest BCUT2D eigenvalue weighted by molar-refractivity contribution is 7.08. The number of carbonyl (C=O) groups excluding carboxylic acids is 1. The van der Waals surface area contributed by atoms with Crippen molar-refractivity contribution in [3.8, 4) is 0 Å². The first-order valence-corrected chi connectivity index (χ1v) is 6.76. The van der Waals surface area contributed by atoms with Crippen molar-refractivity contribution >= 4 is 29.7 Å². The molecule has 1 saturated heterocycles. The molecule has 102 valence electrons. The Labute approximate surface area is 118 Å². The van der Waals surface area contributed by atoms with Crippen LogP contribution in [0.3, 0.4) is 0 Å². The molecule has 1 fully saturated rings. The zero-order valence-corrected chi connectivity index (χ0v) is 12.0. The lowest BCUT2D eigenvalue weighted by molar-refractivity contribution is 0.0139. The second kappa shape index (κ2) is 7.09. The van der Waals surface area contributed by atoms with Crippen molar-refractivity contribution in [3.05, 3.63) is 22.4 Å². The number of amides is 1. The number of piperidine rings is 1. The van der Waals surface area contributed by atoms with Crippen LogP contribution in [0.5, 0.6) is 0 Å². The van der Waals surface area contributed by atoms with Crippen LogP contribution in [0.15, 0.2) is 16.8 Å². The molecule has 1 aliphatic rings. The second-order valence-electron chi connectivity index (χ2n) is 4.28. The van der Waals surface area contributed by atoms with E-state index in [2.05, 4.69) is 0 Å². The van der Waals surface area contributed by atoms with Crippen molar-refractivity contribution in [1.29, 1.82) is 0 Å². The number of carbonyl (C=O) groups is 1. The van der Waals surface area contributed by atoms with Crippen molar-refractivity contribution < 1.29 is 9.53 Å². The molecule has 0 aliphatic carbocycles. The van der Waals surface area contributed by atoms with Crippen molar-refractivity contribution in [2.75, 3.05) is 20.2 Å². The van der Waals surface area contributed by atoms with Gasteiger partial charge in [0.1, 0.15) is 0 Å². The number of methoxy groups -OCH3 is 1. The third kappa shape index (κ3) is 3.23. The monoisotopic (exact) mass is 290 g/mol. The Morgan fingerprint density at radius 2 is 2.44 bits per heavy atom. The van der Waals surface area contributed by atoms with E-state index in [1.807, 2.05) is 21.7 Å². The smallest absolute Gasteiger partial charge is 0.254 e. The first-order valence-electron chi connectivity index (χ1n) is 5.82. The predicted molar refractivity (Wildman–Crippen MR) is 75.5 cm³/mol. The minimum atomic E-state index is 0. The summed E-state index contributed by atoms with van der Waals surface area (Å²) in [5.74, 6) is 0.0938. The summed E-state index contributed by atoms with van der Waals surface area (Å²) in [5.41, 5.74) is 6.52. The lowest BCUT2D eigenvalue weighted by Crippen LogP contribution is -2.51. The molecule has 2 N–H and O–H groups in total. The van der Waals surface area contributed by atoms with E-state index in [4.69, 9.17) is 10.5 Å². The molecule has 2 rings (SSSR count). The minimum Gasteiger partial charge on any atom is -0.381 e. The van der Waals surface area contributed by atoms with E-state index in [1.165, 1.54) is 0 Å². The number of thiophene rings is 1. The third-order valence-electron chi connectivity index (χ3n) is 3.30. The van der Waals surface area contributed by atoms with Gasteiger partial charge >= 0.3 is 0 Å². The molecule has 6 heteroatoms. The van der Waals surface area contributed by atoms with Crippen LogP contribution in [0.25, 0.3) is 0 Å². The number of nitrogens with zero attached hydrogens (tertiary/aromatic N) is 1. The molecule has 1 amide bonds. The van der Waals surface area contributed by atoms with Gasteiger partial charge in [0.15, 0.2) is 0 Å². The average Bonchev–Trinajstić information content (AvgIpc) is 2.91. The van der Waals surface area contributed by atoms with E-state index in [0.717, 1.165) is 24.9 Å². The molecule has 0 saturated carbocycles.